The zero-order valence-corrected chi connectivity index (χ0v) is 17.1. The van der Waals surface area contributed by atoms with Gasteiger partial charge in [-0.05, 0) is 63.1 Å². The van der Waals surface area contributed by atoms with E-state index in [1.54, 1.807) is 11.0 Å². The van der Waals surface area contributed by atoms with Crippen LogP contribution >= 0.6 is 0 Å². The van der Waals surface area contributed by atoms with Crippen molar-refractivity contribution in [2.75, 3.05) is 10.2 Å². The Labute approximate surface area is 170 Å². The maximum atomic E-state index is 13.7. The number of β-lactam (4-membered cyclic amide) rings is 1. The molecular weight excluding hydrogens is 364 g/mol. The molecule has 5 nitrogen and oxygen atoms in total. The molecule has 1 aliphatic rings. The summed E-state index contributed by atoms with van der Waals surface area (Å²) in [5.41, 5.74) is 3.25. The van der Waals surface area contributed by atoms with Crippen molar-refractivity contribution in [2.45, 2.75) is 39.7 Å². The molecule has 4 rings (SSSR count). The molecule has 29 heavy (non-hydrogen) atoms. The molecule has 148 valence electrons. The van der Waals surface area contributed by atoms with Crippen LogP contribution in [0, 0.1) is 27.7 Å². The number of carbonyl (C=O) groups is 2. The molecule has 0 unspecified atom stereocenters. The molecule has 1 fully saturated rings. The number of aryl methyl sites for hydroxylation is 4. The number of benzene rings is 2. The van der Waals surface area contributed by atoms with E-state index in [9.17, 15) is 9.59 Å². The van der Waals surface area contributed by atoms with Crippen LogP contribution < -0.4 is 10.2 Å². The van der Waals surface area contributed by atoms with Crippen molar-refractivity contribution in [1.29, 1.82) is 0 Å². The number of furan rings is 1. The zero-order valence-electron chi connectivity index (χ0n) is 17.1. The van der Waals surface area contributed by atoms with E-state index in [1.165, 1.54) is 0 Å². The average molecular weight is 388 g/mol. The van der Waals surface area contributed by atoms with Crippen LogP contribution in [0.25, 0.3) is 0 Å². The predicted molar refractivity (Wildman–Crippen MR) is 113 cm³/mol. The molecule has 1 atom stereocenters. The van der Waals surface area contributed by atoms with Crippen molar-refractivity contribution in [3.05, 3.63) is 82.8 Å². The first-order chi connectivity index (χ1) is 13.8. The molecule has 0 spiro atoms. The maximum Gasteiger partial charge on any atom is 0.259 e. The molecule has 2 amide bonds. The summed E-state index contributed by atoms with van der Waals surface area (Å²) >= 11 is 0. The summed E-state index contributed by atoms with van der Waals surface area (Å²) in [6, 6.07) is 17.1. The van der Waals surface area contributed by atoms with Crippen LogP contribution in [-0.2, 0) is 15.1 Å². The third-order valence-corrected chi connectivity index (χ3v) is 5.57. The van der Waals surface area contributed by atoms with Gasteiger partial charge in [0.1, 0.15) is 11.5 Å². The standard InChI is InChI=1S/C24H24N2O3/c1-15-8-11-19(12-9-15)26-21(27)14-24(26,20-13-10-18(4)29-20)23(28)25-22-16(2)6-5-7-17(22)3/h5-13H,14H2,1-4H3,(H,25,28)/t24-/m1/s1. The number of hydrogen-bond donors (Lipinski definition) is 1. The van der Waals surface area contributed by atoms with E-state index in [0.29, 0.717) is 17.2 Å². The van der Waals surface area contributed by atoms with E-state index in [-0.39, 0.29) is 18.2 Å². The summed E-state index contributed by atoms with van der Waals surface area (Å²) in [5, 5.41) is 3.07. The van der Waals surface area contributed by atoms with Crippen molar-refractivity contribution in [3.8, 4) is 0 Å². The van der Waals surface area contributed by atoms with Gasteiger partial charge in [-0.1, -0.05) is 35.9 Å². The Morgan fingerprint density at radius 3 is 2.17 bits per heavy atom. The van der Waals surface area contributed by atoms with Crippen molar-refractivity contribution in [3.63, 3.8) is 0 Å². The van der Waals surface area contributed by atoms with Crippen molar-refractivity contribution in [2.24, 2.45) is 0 Å². The minimum atomic E-state index is -1.21. The molecule has 2 heterocycles. The quantitative estimate of drug-likeness (QED) is 0.654. The van der Waals surface area contributed by atoms with Gasteiger partial charge in [0.2, 0.25) is 5.91 Å². The molecule has 2 aromatic carbocycles. The second-order valence-corrected chi connectivity index (χ2v) is 7.73. The van der Waals surface area contributed by atoms with Gasteiger partial charge in [0.25, 0.3) is 5.91 Å². The van der Waals surface area contributed by atoms with Crippen LogP contribution in [0.15, 0.2) is 59.0 Å². The average Bonchev–Trinajstić information content (AvgIpc) is 3.10. The molecule has 5 heteroatoms. The van der Waals surface area contributed by atoms with Crippen molar-refractivity contribution >= 4 is 23.2 Å². The largest absolute Gasteiger partial charge is 0.463 e. The van der Waals surface area contributed by atoms with Gasteiger partial charge in [-0.3, -0.25) is 14.5 Å². The Balaban J connectivity index is 1.81. The smallest absolute Gasteiger partial charge is 0.259 e. The number of amides is 2. The molecule has 1 aromatic heterocycles. The fourth-order valence-electron chi connectivity index (χ4n) is 3.93. The summed E-state index contributed by atoms with van der Waals surface area (Å²) in [6.45, 7) is 7.72. The molecule has 0 bridgehead atoms. The maximum absolute atomic E-state index is 13.7. The minimum Gasteiger partial charge on any atom is -0.463 e. The Kier molecular flexibility index (Phi) is 4.53. The van der Waals surface area contributed by atoms with Gasteiger partial charge < -0.3 is 9.73 Å². The monoisotopic (exact) mass is 388 g/mol. The Morgan fingerprint density at radius 2 is 1.62 bits per heavy atom. The van der Waals surface area contributed by atoms with E-state index < -0.39 is 5.54 Å². The summed E-state index contributed by atoms with van der Waals surface area (Å²) in [6.07, 6.45) is 0.0601. The number of para-hydroxylation sites is 1. The van der Waals surface area contributed by atoms with Crippen LogP contribution in [0.1, 0.15) is 34.6 Å². The molecule has 0 aliphatic carbocycles. The van der Waals surface area contributed by atoms with E-state index in [0.717, 1.165) is 22.4 Å². The van der Waals surface area contributed by atoms with Crippen LogP contribution in [0.3, 0.4) is 0 Å². The first-order valence-corrected chi connectivity index (χ1v) is 9.67. The summed E-state index contributed by atoms with van der Waals surface area (Å²) < 4.78 is 5.88. The van der Waals surface area contributed by atoms with E-state index in [1.807, 2.05) is 76.2 Å². The van der Waals surface area contributed by atoms with Crippen LogP contribution in [-0.4, -0.2) is 11.8 Å². The first kappa shape index (κ1) is 19.0. The number of nitrogens with zero attached hydrogens (tertiary/aromatic N) is 1. The lowest BCUT2D eigenvalue weighted by Crippen LogP contribution is -2.67. The summed E-state index contributed by atoms with van der Waals surface area (Å²) in [4.78, 5) is 27.9. The van der Waals surface area contributed by atoms with E-state index in [2.05, 4.69) is 5.32 Å². The minimum absolute atomic E-state index is 0.0601. The molecule has 1 N–H and O–H groups in total. The highest BCUT2D eigenvalue weighted by Crippen LogP contribution is 2.46. The fourth-order valence-corrected chi connectivity index (χ4v) is 3.93. The van der Waals surface area contributed by atoms with Crippen LogP contribution in [0.4, 0.5) is 11.4 Å². The molecule has 0 radical (unpaired) electrons. The van der Waals surface area contributed by atoms with Gasteiger partial charge in [0, 0.05) is 11.4 Å². The third-order valence-electron chi connectivity index (χ3n) is 5.57. The lowest BCUT2D eigenvalue weighted by molar-refractivity contribution is -0.138. The molecule has 1 saturated heterocycles. The lowest BCUT2D eigenvalue weighted by atomic mass is 9.79. The van der Waals surface area contributed by atoms with Gasteiger partial charge >= 0.3 is 0 Å². The summed E-state index contributed by atoms with van der Waals surface area (Å²) in [5.74, 6) is 0.783. The van der Waals surface area contributed by atoms with Gasteiger partial charge in [0.15, 0.2) is 5.54 Å². The van der Waals surface area contributed by atoms with E-state index in [4.69, 9.17) is 4.42 Å². The molecule has 1 aliphatic heterocycles. The Hall–Kier alpha value is -3.34. The zero-order chi connectivity index (χ0) is 20.8. The second-order valence-electron chi connectivity index (χ2n) is 7.73. The molecule has 3 aromatic rings. The number of rotatable bonds is 4. The number of hydrogen-bond acceptors (Lipinski definition) is 3. The van der Waals surface area contributed by atoms with Gasteiger partial charge in [-0.25, -0.2) is 0 Å². The van der Waals surface area contributed by atoms with Gasteiger partial charge in [-0.2, -0.15) is 0 Å². The van der Waals surface area contributed by atoms with Crippen molar-refractivity contribution in [1.82, 2.24) is 0 Å². The lowest BCUT2D eigenvalue weighted by Gasteiger charge is -2.49. The first-order valence-electron chi connectivity index (χ1n) is 9.67. The van der Waals surface area contributed by atoms with Crippen molar-refractivity contribution < 1.29 is 14.0 Å². The fraction of sp³-hybridized carbons (Fsp3) is 0.250. The van der Waals surface area contributed by atoms with Crippen LogP contribution in [0.5, 0.6) is 0 Å². The number of anilines is 2. The van der Waals surface area contributed by atoms with Crippen LogP contribution in [0.2, 0.25) is 0 Å². The topological polar surface area (TPSA) is 62.6 Å². The number of carbonyl (C=O) groups excluding carboxylic acids is 2. The molecular formula is C24H24N2O3. The highest BCUT2D eigenvalue weighted by atomic mass is 16.3. The Morgan fingerprint density at radius 1 is 0.966 bits per heavy atom. The highest BCUT2D eigenvalue weighted by Gasteiger charge is 2.60. The SMILES string of the molecule is Cc1ccc(N2C(=O)C[C@]2(C(=O)Nc2c(C)cccc2C)c2ccc(C)o2)cc1. The second kappa shape index (κ2) is 6.92. The normalized spacial score (nSPS) is 18.5. The van der Waals surface area contributed by atoms with E-state index >= 15 is 0 Å². The van der Waals surface area contributed by atoms with Gasteiger partial charge in [0.05, 0.1) is 6.42 Å². The number of nitrogens with one attached hydrogen (secondary N) is 1. The third kappa shape index (κ3) is 3.03. The Bertz CT molecular complexity index is 1080. The molecule has 0 saturated carbocycles. The predicted octanol–water partition coefficient (Wildman–Crippen LogP) is 4.78. The highest BCUT2D eigenvalue weighted by molar-refractivity contribution is 6.16. The van der Waals surface area contributed by atoms with Gasteiger partial charge in [-0.15, -0.1) is 0 Å². The summed E-state index contributed by atoms with van der Waals surface area (Å²) in [7, 11) is 0.